The van der Waals surface area contributed by atoms with Crippen LogP contribution in [0.15, 0.2) is 18.2 Å². The van der Waals surface area contributed by atoms with Crippen LogP contribution in [-0.2, 0) is 4.74 Å². The topological polar surface area (TPSA) is 59.8 Å². The fourth-order valence-electron chi connectivity index (χ4n) is 3.33. The molecule has 0 bridgehead atoms. The molecule has 0 spiro atoms. The van der Waals surface area contributed by atoms with Crippen molar-refractivity contribution in [2.24, 2.45) is 5.84 Å². The van der Waals surface area contributed by atoms with Crippen LogP contribution in [0.5, 0.6) is 5.75 Å². The third-order valence-electron chi connectivity index (χ3n) is 4.50. The minimum absolute atomic E-state index is 0.0373. The lowest BCUT2D eigenvalue weighted by molar-refractivity contribution is -0.0653. The molecule has 3 rings (SSSR count). The largest absolute Gasteiger partial charge is 0.495 e. The van der Waals surface area contributed by atoms with Gasteiger partial charge in [0.2, 0.25) is 0 Å². The van der Waals surface area contributed by atoms with Crippen molar-refractivity contribution in [3.8, 4) is 5.75 Å². The van der Waals surface area contributed by atoms with Gasteiger partial charge in [-0.2, -0.15) is 0 Å². The number of halogens is 1. The van der Waals surface area contributed by atoms with Gasteiger partial charge in [-0.25, -0.2) is 0 Å². The van der Waals surface area contributed by atoms with Crippen LogP contribution in [0.4, 0.5) is 0 Å². The molecule has 3 N–H and O–H groups in total. The first-order chi connectivity index (χ1) is 10.2. The van der Waals surface area contributed by atoms with E-state index in [4.69, 9.17) is 26.9 Å². The lowest BCUT2D eigenvalue weighted by atomic mass is 9.99. The molecule has 21 heavy (non-hydrogen) atoms. The highest BCUT2D eigenvalue weighted by molar-refractivity contribution is 6.32. The third kappa shape index (κ3) is 3.03. The van der Waals surface area contributed by atoms with Crippen molar-refractivity contribution >= 4 is 11.6 Å². The molecule has 116 valence electrons. The molecular weight excluding hydrogens is 290 g/mol. The van der Waals surface area contributed by atoms with Gasteiger partial charge in [0, 0.05) is 12.6 Å². The fraction of sp³-hybridized carbons (Fsp3) is 0.600. The number of hydrogen-bond acceptors (Lipinski definition) is 5. The molecule has 1 aromatic carbocycles. The molecular formula is C15H22ClN3O2. The average Bonchev–Trinajstić information content (AvgIpc) is 2.97. The Labute approximate surface area is 130 Å². The number of nitrogens with one attached hydrogen (secondary N) is 1. The van der Waals surface area contributed by atoms with Crippen LogP contribution >= 0.6 is 11.6 Å². The number of nitrogens with zero attached hydrogens (tertiary/aromatic N) is 1. The highest BCUT2D eigenvalue weighted by atomic mass is 35.5. The van der Waals surface area contributed by atoms with Crippen molar-refractivity contribution in [1.82, 2.24) is 10.3 Å². The quantitative estimate of drug-likeness (QED) is 0.655. The third-order valence-corrected chi connectivity index (χ3v) is 4.81. The zero-order valence-corrected chi connectivity index (χ0v) is 13.0. The normalized spacial score (nSPS) is 27.4. The van der Waals surface area contributed by atoms with E-state index in [0.29, 0.717) is 16.8 Å². The van der Waals surface area contributed by atoms with Gasteiger partial charge in [0.15, 0.2) is 0 Å². The Bertz CT molecular complexity index is 500. The Kier molecular flexibility index (Phi) is 4.66. The summed E-state index contributed by atoms with van der Waals surface area (Å²) < 4.78 is 11.3. The zero-order valence-electron chi connectivity index (χ0n) is 12.2. The predicted octanol–water partition coefficient (Wildman–Crippen LogP) is 1.72. The molecule has 2 saturated heterocycles. The van der Waals surface area contributed by atoms with Gasteiger partial charge in [0.05, 0.1) is 30.9 Å². The van der Waals surface area contributed by atoms with E-state index in [1.807, 2.05) is 18.2 Å². The number of ether oxygens (including phenoxy) is 2. The molecule has 3 unspecified atom stereocenters. The molecule has 0 amide bonds. The number of benzene rings is 1. The number of methoxy groups -OCH3 is 1. The van der Waals surface area contributed by atoms with Gasteiger partial charge in [0.1, 0.15) is 5.75 Å². The second-order valence-corrected chi connectivity index (χ2v) is 6.11. The Morgan fingerprint density at radius 1 is 1.52 bits per heavy atom. The molecule has 3 atom stereocenters. The van der Waals surface area contributed by atoms with E-state index < -0.39 is 0 Å². The molecule has 2 heterocycles. The van der Waals surface area contributed by atoms with E-state index in [1.165, 1.54) is 12.8 Å². The molecule has 2 fully saturated rings. The summed E-state index contributed by atoms with van der Waals surface area (Å²) in [6.45, 7) is 2.85. The van der Waals surface area contributed by atoms with Gasteiger partial charge >= 0.3 is 0 Å². The first-order valence-corrected chi connectivity index (χ1v) is 7.76. The molecule has 0 saturated carbocycles. The van der Waals surface area contributed by atoms with Crippen LogP contribution < -0.4 is 16.0 Å². The molecule has 0 aliphatic carbocycles. The lowest BCUT2D eigenvalue weighted by Crippen LogP contribution is -2.51. The van der Waals surface area contributed by atoms with Crippen LogP contribution in [0.3, 0.4) is 0 Å². The van der Waals surface area contributed by atoms with Crippen molar-refractivity contribution < 1.29 is 9.47 Å². The van der Waals surface area contributed by atoms with Crippen molar-refractivity contribution in [2.45, 2.75) is 31.0 Å². The predicted molar refractivity (Wildman–Crippen MR) is 82.4 cm³/mol. The van der Waals surface area contributed by atoms with E-state index in [1.54, 1.807) is 7.11 Å². The van der Waals surface area contributed by atoms with E-state index in [9.17, 15) is 0 Å². The van der Waals surface area contributed by atoms with E-state index >= 15 is 0 Å². The highest BCUT2D eigenvalue weighted by Crippen LogP contribution is 2.32. The summed E-state index contributed by atoms with van der Waals surface area (Å²) in [5.74, 6) is 6.44. The molecule has 2 aliphatic rings. The van der Waals surface area contributed by atoms with E-state index in [2.05, 4.69) is 10.3 Å². The van der Waals surface area contributed by atoms with Gasteiger partial charge in [-0.15, -0.1) is 0 Å². The minimum Gasteiger partial charge on any atom is -0.495 e. The number of nitrogens with two attached hydrogens (primary N) is 1. The van der Waals surface area contributed by atoms with Gasteiger partial charge < -0.3 is 9.47 Å². The lowest BCUT2D eigenvalue weighted by Gasteiger charge is -2.38. The van der Waals surface area contributed by atoms with Crippen LogP contribution in [-0.4, -0.2) is 43.9 Å². The Hall–Kier alpha value is -0.850. The maximum Gasteiger partial charge on any atom is 0.137 e. The summed E-state index contributed by atoms with van der Waals surface area (Å²) in [4.78, 5) is 2.51. The summed E-state index contributed by atoms with van der Waals surface area (Å²) in [6.07, 6.45) is 2.54. The van der Waals surface area contributed by atoms with E-state index in [0.717, 1.165) is 25.3 Å². The highest BCUT2D eigenvalue weighted by Gasteiger charge is 2.36. The number of fused-ring (bicyclic) bond motifs is 1. The Morgan fingerprint density at radius 2 is 2.38 bits per heavy atom. The summed E-state index contributed by atoms with van der Waals surface area (Å²) in [6, 6.07) is 6.24. The fourth-order valence-corrected chi connectivity index (χ4v) is 3.53. The number of hydrogen-bond donors (Lipinski definition) is 2. The number of morpholine rings is 1. The van der Waals surface area contributed by atoms with Crippen molar-refractivity contribution in [3.63, 3.8) is 0 Å². The standard InChI is InChI=1S/C15H22ClN3O2/c1-20-13-7-10(4-5-12(13)16)15(18-17)14-8-19-6-2-3-11(19)9-21-14/h4-5,7,11,14-15,18H,2-3,6,8-9,17H2,1H3. The number of rotatable bonds is 4. The zero-order chi connectivity index (χ0) is 14.8. The second-order valence-electron chi connectivity index (χ2n) is 5.70. The first kappa shape index (κ1) is 15.1. The van der Waals surface area contributed by atoms with Crippen LogP contribution in [0, 0.1) is 0 Å². The monoisotopic (exact) mass is 311 g/mol. The Balaban J connectivity index is 1.78. The molecule has 0 aromatic heterocycles. The van der Waals surface area contributed by atoms with Gasteiger partial charge in [-0.3, -0.25) is 16.2 Å². The van der Waals surface area contributed by atoms with Crippen LogP contribution in [0.1, 0.15) is 24.4 Å². The van der Waals surface area contributed by atoms with Crippen molar-refractivity contribution in [1.29, 1.82) is 0 Å². The molecule has 5 nitrogen and oxygen atoms in total. The summed E-state index contributed by atoms with van der Waals surface area (Å²) in [5.41, 5.74) is 3.92. The van der Waals surface area contributed by atoms with Crippen LogP contribution in [0.25, 0.3) is 0 Å². The average molecular weight is 312 g/mol. The minimum atomic E-state index is -0.0716. The smallest absolute Gasteiger partial charge is 0.137 e. The molecule has 0 radical (unpaired) electrons. The summed E-state index contributed by atoms with van der Waals surface area (Å²) in [5, 5.41) is 0.598. The van der Waals surface area contributed by atoms with Gasteiger partial charge in [-0.05, 0) is 37.1 Å². The maximum absolute atomic E-state index is 6.09. The van der Waals surface area contributed by atoms with E-state index in [-0.39, 0.29) is 12.1 Å². The summed E-state index contributed by atoms with van der Waals surface area (Å²) in [7, 11) is 1.61. The SMILES string of the molecule is COc1cc(C(NN)C2CN3CCCC3CO2)ccc1Cl. The Morgan fingerprint density at radius 3 is 3.14 bits per heavy atom. The summed E-state index contributed by atoms with van der Waals surface area (Å²) >= 11 is 6.09. The van der Waals surface area contributed by atoms with Crippen LogP contribution in [0.2, 0.25) is 5.02 Å². The van der Waals surface area contributed by atoms with Crippen molar-refractivity contribution in [3.05, 3.63) is 28.8 Å². The maximum atomic E-state index is 6.09. The van der Waals surface area contributed by atoms with Gasteiger partial charge in [0.25, 0.3) is 0 Å². The number of hydrazine groups is 1. The van der Waals surface area contributed by atoms with Crippen molar-refractivity contribution in [2.75, 3.05) is 26.8 Å². The molecule has 1 aromatic rings. The molecule has 2 aliphatic heterocycles. The van der Waals surface area contributed by atoms with Gasteiger partial charge in [-0.1, -0.05) is 17.7 Å². The first-order valence-electron chi connectivity index (χ1n) is 7.38. The second kappa shape index (κ2) is 6.50. The molecule has 6 heteroatoms.